The van der Waals surface area contributed by atoms with E-state index < -0.39 is 10.0 Å². The van der Waals surface area contributed by atoms with Crippen LogP contribution < -0.4 is 25.8 Å². The number of phenolic OH excluding ortho intramolecular Hbond substituents is 1. The summed E-state index contributed by atoms with van der Waals surface area (Å²) in [5.74, 6) is 0.421. The molecule has 0 saturated heterocycles. The lowest BCUT2D eigenvalue weighted by Gasteiger charge is -2.10. The number of phenols is 1. The number of carbonyl (C=O) groups excluding carboxylic acids is 2. The van der Waals surface area contributed by atoms with Crippen molar-refractivity contribution < 1.29 is 27.9 Å². The number of amides is 2. The SMILES string of the molecule is Nc1nnc(-c2ccccc2O)cc1OCCc1ccc(C(=O)NCCCCCCCC(=O)NCc2ccc(S(=O)(=O)Nc3cccc4c(Cl)c[nH]c34)cc2)cc1. The fraction of sp³-hybridized carbons (Fsp3) is 0.238. The smallest absolute Gasteiger partial charge is 0.261 e. The standard InChI is InChI=1S/C42H44ClN7O6S/c43-34-27-47-40-32(34)10-8-11-35(40)50-57(54,55)31-20-16-29(17-21-31)26-46-39(52)13-4-2-1-3-7-23-45-42(53)30-18-14-28(15-19-30)22-24-56-38-25-36(48-49-41(38)44)33-9-5-6-12-37(33)51/h5-6,8-12,14-21,25,27,47,50-51H,1-4,7,13,22-24,26H2,(H2,44,49)(H,45,53)(H,46,52). The van der Waals surface area contributed by atoms with Gasteiger partial charge in [0.1, 0.15) is 11.4 Å². The van der Waals surface area contributed by atoms with Crippen molar-refractivity contribution >= 4 is 55.8 Å². The molecule has 0 radical (unpaired) electrons. The minimum absolute atomic E-state index is 0.0630. The first-order valence-electron chi connectivity index (χ1n) is 18.6. The summed E-state index contributed by atoms with van der Waals surface area (Å²) in [5, 5.41) is 25.2. The molecule has 0 aliphatic rings. The first kappa shape index (κ1) is 40.5. The van der Waals surface area contributed by atoms with E-state index in [1.165, 1.54) is 12.1 Å². The number of nitrogens with zero attached hydrogens (tertiary/aromatic N) is 2. The molecular formula is C42H44ClN7O6S. The highest BCUT2D eigenvalue weighted by Gasteiger charge is 2.17. The van der Waals surface area contributed by atoms with Gasteiger partial charge in [0, 0.05) is 54.7 Å². The van der Waals surface area contributed by atoms with Gasteiger partial charge in [0.25, 0.3) is 15.9 Å². The number of hydrogen-bond donors (Lipinski definition) is 6. The summed E-state index contributed by atoms with van der Waals surface area (Å²) in [6.07, 6.45) is 6.97. The summed E-state index contributed by atoms with van der Waals surface area (Å²) >= 11 is 6.16. The van der Waals surface area contributed by atoms with Crippen LogP contribution in [0.25, 0.3) is 22.2 Å². The lowest BCUT2D eigenvalue weighted by Crippen LogP contribution is -2.24. The van der Waals surface area contributed by atoms with E-state index in [2.05, 4.69) is 30.5 Å². The number of H-pyrrole nitrogens is 1. The van der Waals surface area contributed by atoms with Gasteiger partial charge in [-0.05, 0) is 66.4 Å². The van der Waals surface area contributed by atoms with Gasteiger partial charge in [-0.3, -0.25) is 14.3 Å². The topological polar surface area (TPSA) is 201 Å². The van der Waals surface area contributed by atoms with E-state index in [-0.39, 0.29) is 28.3 Å². The Hall–Kier alpha value is -6.12. The molecule has 296 valence electrons. The fourth-order valence-corrected chi connectivity index (χ4v) is 7.44. The van der Waals surface area contributed by atoms with E-state index in [0.29, 0.717) is 71.3 Å². The number of nitrogen functional groups attached to an aromatic ring is 1. The van der Waals surface area contributed by atoms with Crippen molar-refractivity contribution in [3.8, 4) is 22.8 Å². The summed E-state index contributed by atoms with van der Waals surface area (Å²) in [5.41, 5.74) is 10.3. The second-order valence-electron chi connectivity index (χ2n) is 13.5. The molecular weight excluding hydrogens is 766 g/mol. The van der Waals surface area contributed by atoms with Gasteiger partial charge in [-0.2, -0.15) is 0 Å². The molecule has 6 aromatic rings. The minimum Gasteiger partial charge on any atom is -0.507 e. The highest BCUT2D eigenvalue weighted by molar-refractivity contribution is 7.92. The normalized spacial score (nSPS) is 11.3. The molecule has 0 fully saturated rings. The number of aromatic nitrogens is 3. The maximum absolute atomic E-state index is 13.0. The molecule has 7 N–H and O–H groups in total. The fourth-order valence-electron chi connectivity index (χ4n) is 6.15. The highest BCUT2D eigenvalue weighted by atomic mass is 35.5. The lowest BCUT2D eigenvalue weighted by atomic mass is 10.1. The maximum atomic E-state index is 13.0. The molecule has 57 heavy (non-hydrogen) atoms. The van der Waals surface area contributed by atoms with Gasteiger partial charge in [0.15, 0.2) is 11.6 Å². The number of carbonyl (C=O) groups is 2. The van der Waals surface area contributed by atoms with E-state index in [1.54, 1.807) is 79.0 Å². The molecule has 13 nitrogen and oxygen atoms in total. The van der Waals surface area contributed by atoms with Gasteiger partial charge in [-0.15, -0.1) is 10.2 Å². The predicted octanol–water partition coefficient (Wildman–Crippen LogP) is 7.38. The zero-order valence-corrected chi connectivity index (χ0v) is 32.7. The van der Waals surface area contributed by atoms with Gasteiger partial charge in [-0.25, -0.2) is 8.42 Å². The predicted molar refractivity (Wildman–Crippen MR) is 222 cm³/mol. The minimum atomic E-state index is -3.84. The zero-order valence-electron chi connectivity index (χ0n) is 31.1. The van der Waals surface area contributed by atoms with Crippen LogP contribution in [-0.2, 0) is 27.8 Å². The van der Waals surface area contributed by atoms with Crippen molar-refractivity contribution in [1.82, 2.24) is 25.8 Å². The molecule has 2 aromatic heterocycles. The number of ether oxygens (including phenoxy) is 1. The third kappa shape index (κ3) is 11.0. The second kappa shape index (κ2) is 19.2. The van der Waals surface area contributed by atoms with E-state index in [1.807, 2.05) is 12.1 Å². The molecule has 2 amide bonds. The molecule has 0 aliphatic carbocycles. The number of nitrogens with two attached hydrogens (primary N) is 1. The number of sulfonamides is 1. The van der Waals surface area contributed by atoms with E-state index >= 15 is 0 Å². The Labute approximate surface area is 336 Å². The van der Waals surface area contributed by atoms with Crippen molar-refractivity contribution in [1.29, 1.82) is 0 Å². The number of aromatic hydroxyl groups is 1. The van der Waals surface area contributed by atoms with Crippen LogP contribution in [0.2, 0.25) is 5.02 Å². The Bertz CT molecular complexity index is 2420. The van der Waals surface area contributed by atoms with Crippen molar-refractivity contribution in [3.05, 3.63) is 125 Å². The van der Waals surface area contributed by atoms with Crippen LogP contribution >= 0.6 is 11.6 Å². The largest absolute Gasteiger partial charge is 0.507 e. The van der Waals surface area contributed by atoms with E-state index in [9.17, 15) is 23.1 Å². The molecule has 15 heteroatoms. The third-order valence-electron chi connectivity index (χ3n) is 9.33. The highest BCUT2D eigenvalue weighted by Crippen LogP contribution is 2.31. The van der Waals surface area contributed by atoms with Crippen LogP contribution in [0, 0.1) is 0 Å². The van der Waals surface area contributed by atoms with Gasteiger partial charge < -0.3 is 31.2 Å². The Morgan fingerprint density at radius 1 is 0.842 bits per heavy atom. The van der Waals surface area contributed by atoms with Crippen molar-refractivity contribution in [3.63, 3.8) is 0 Å². The molecule has 0 aliphatic heterocycles. The van der Waals surface area contributed by atoms with Gasteiger partial charge in [0.05, 0.1) is 27.7 Å². The van der Waals surface area contributed by atoms with Crippen LogP contribution in [0.5, 0.6) is 11.5 Å². The third-order valence-corrected chi connectivity index (χ3v) is 11.0. The number of rotatable bonds is 19. The molecule has 0 unspecified atom stereocenters. The second-order valence-corrected chi connectivity index (χ2v) is 15.5. The molecule has 6 rings (SSSR count). The van der Waals surface area contributed by atoms with Crippen LogP contribution in [-0.4, -0.2) is 53.7 Å². The summed E-state index contributed by atoms with van der Waals surface area (Å²) in [6, 6.07) is 27.4. The van der Waals surface area contributed by atoms with Crippen LogP contribution in [0.1, 0.15) is 60.0 Å². The molecule has 4 aromatic carbocycles. The number of unbranched alkanes of at least 4 members (excludes halogenated alkanes) is 4. The number of halogens is 1. The number of aromatic amines is 1. The molecule has 0 saturated carbocycles. The monoisotopic (exact) mass is 809 g/mol. The van der Waals surface area contributed by atoms with Crippen molar-refractivity contribution in [2.45, 2.75) is 56.4 Å². The number of anilines is 2. The number of hydrogen-bond acceptors (Lipinski definition) is 9. The van der Waals surface area contributed by atoms with Gasteiger partial charge >= 0.3 is 0 Å². The zero-order chi connectivity index (χ0) is 40.2. The lowest BCUT2D eigenvalue weighted by molar-refractivity contribution is -0.121. The van der Waals surface area contributed by atoms with Crippen molar-refractivity contribution in [2.75, 3.05) is 23.6 Å². The quantitative estimate of drug-likeness (QED) is 0.0452. The maximum Gasteiger partial charge on any atom is 0.261 e. The van der Waals surface area contributed by atoms with E-state index in [4.69, 9.17) is 22.1 Å². The summed E-state index contributed by atoms with van der Waals surface area (Å²) in [4.78, 5) is 28.2. The Kier molecular flexibility index (Phi) is 13.6. The molecule has 0 atom stereocenters. The number of benzene rings is 4. The average Bonchev–Trinajstić information content (AvgIpc) is 3.60. The average molecular weight is 810 g/mol. The Morgan fingerprint density at radius 3 is 2.37 bits per heavy atom. The summed E-state index contributed by atoms with van der Waals surface area (Å²) in [6.45, 7) is 1.20. The number of para-hydroxylation sites is 2. The Balaban J connectivity index is 0.816. The van der Waals surface area contributed by atoms with Gasteiger partial charge in [-0.1, -0.05) is 79.4 Å². The van der Waals surface area contributed by atoms with Crippen LogP contribution in [0.15, 0.2) is 108 Å². The van der Waals surface area contributed by atoms with Crippen LogP contribution in [0.3, 0.4) is 0 Å². The molecule has 0 spiro atoms. The van der Waals surface area contributed by atoms with E-state index in [0.717, 1.165) is 48.6 Å². The number of fused-ring (bicyclic) bond motifs is 1. The first-order valence-corrected chi connectivity index (χ1v) is 20.5. The molecule has 0 bridgehead atoms. The summed E-state index contributed by atoms with van der Waals surface area (Å²) in [7, 11) is -3.84. The van der Waals surface area contributed by atoms with Crippen molar-refractivity contribution in [2.24, 2.45) is 0 Å². The first-order chi connectivity index (χ1) is 27.6. The van der Waals surface area contributed by atoms with Crippen LogP contribution in [0.4, 0.5) is 11.5 Å². The van der Waals surface area contributed by atoms with Gasteiger partial charge in [0.2, 0.25) is 5.91 Å². The number of nitrogens with one attached hydrogen (secondary N) is 4. The molecule has 2 heterocycles. The Morgan fingerprint density at radius 2 is 1.58 bits per heavy atom. The summed E-state index contributed by atoms with van der Waals surface area (Å²) < 4.78 is 34.5.